The van der Waals surface area contributed by atoms with Gasteiger partial charge in [-0.1, -0.05) is 57.2 Å². The van der Waals surface area contributed by atoms with Crippen molar-refractivity contribution >= 4 is 5.97 Å². The molecule has 1 aliphatic rings. The third-order valence-electron chi connectivity index (χ3n) is 6.39. The van der Waals surface area contributed by atoms with Crippen LogP contribution >= 0.6 is 0 Å². The fourth-order valence-electron chi connectivity index (χ4n) is 4.68. The summed E-state index contributed by atoms with van der Waals surface area (Å²) in [6.07, 6.45) is 5.02. The van der Waals surface area contributed by atoms with Gasteiger partial charge in [-0.25, -0.2) is 0 Å². The summed E-state index contributed by atoms with van der Waals surface area (Å²) in [4.78, 5) is 16.2. The van der Waals surface area contributed by atoms with Crippen molar-refractivity contribution in [3.05, 3.63) is 77.5 Å². The predicted octanol–water partition coefficient (Wildman–Crippen LogP) is 6.89. The number of nitrogens with zero attached hydrogens (tertiary/aromatic N) is 1. The van der Waals surface area contributed by atoms with E-state index >= 15 is 0 Å². The Balaban J connectivity index is 1.56. The molecule has 5 nitrogen and oxygen atoms in total. The van der Waals surface area contributed by atoms with E-state index in [-0.39, 0.29) is 17.8 Å². The molecule has 35 heavy (non-hydrogen) atoms. The Morgan fingerprint density at radius 3 is 2.57 bits per heavy atom. The number of pyridine rings is 1. The van der Waals surface area contributed by atoms with Crippen molar-refractivity contribution in [2.24, 2.45) is 11.3 Å². The quantitative estimate of drug-likeness (QED) is 0.347. The lowest BCUT2D eigenvalue weighted by Crippen LogP contribution is -2.11. The van der Waals surface area contributed by atoms with Crippen LogP contribution < -0.4 is 9.47 Å². The molecule has 1 fully saturated rings. The number of para-hydroxylation sites is 1. The van der Waals surface area contributed by atoms with Crippen LogP contribution in [0.15, 0.2) is 60.8 Å². The first-order chi connectivity index (χ1) is 16.7. The molecule has 184 valence electrons. The molecule has 0 spiro atoms. The minimum Gasteiger partial charge on any atom is -0.496 e. The van der Waals surface area contributed by atoms with E-state index in [4.69, 9.17) is 14.5 Å². The number of hydrogen-bond donors (Lipinski definition) is 1. The van der Waals surface area contributed by atoms with Crippen LogP contribution in [0.3, 0.4) is 0 Å². The number of aromatic nitrogens is 1. The maximum absolute atomic E-state index is 11.4. The van der Waals surface area contributed by atoms with Crippen LogP contribution in [0.4, 0.5) is 0 Å². The van der Waals surface area contributed by atoms with Crippen molar-refractivity contribution in [1.82, 2.24) is 4.98 Å². The fraction of sp³-hybridized carbons (Fsp3) is 0.400. The Hall–Kier alpha value is -3.34. The highest BCUT2D eigenvalue weighted by Crippen LogP contribution is 2.44. The van der Waals surface area contributed by atoms with Gasteiger partial charge >= 0.3 is 5.97 Å². The highest BCUT2D eigenvalue weighted by atomic mass is 16.5. The molecule has 1 N–H and O–H groups in total. The van der Waals surface area contributed by atoms with Gasteiger partial charge in [0.2, 0.25) is 0 Å². The van der Waals surface area contributed by atoms with Crippen molar-refractivity contribution in [2.75, 3.05) is 7.11 Å². The molecule has 4 rings (SSSR count). The predicted molar refractivity (Wildman–Crippen MR) is 138 cm³/mol. The number of ether oxygens (including phenoxy) is 2. The number of carboxylic acids is 1. The summed E-state index contributed by atoms with van der Waals surface area (Å²) < 4.78 is 11.8. The van der Waals surface area contributed by atoms with E-state index in [9.17, 15) is 9.90 Å². The van der Waals surface area contributed by atoms with E-state index < -0.39 is 5.97 Å². The highest BCUT2D eigenvalue weighted by molar-refractivity contribution is 5.70. The number of carboxylic acid groups (broad SMARTS) is 1. The molecule has 1 heterocycles. The summed E-state index contributed by atoms with van der Waals surface area (Å²) in [5.41, 5.74) is 5.20. The van der Waals surface area contributed by atoms with Gasteiger partial charge in [0.15, 0.2) is 0 Å². The third-order valence-corrected chi connectivity index (χ3v) is 6.39. The first-order valence-electron chi connectivity index (χ1n) is 12.3. The lowest BCUT2D eigenvalue weighted by molar-refractivity contribution is -0.137. The third kappa shape index (κ3) is 6.62. The molecule has 5 heteroatoms. The summed E-state index contributed by atoms with van der Waals surface area (Å²) in [5.74, 6) is 1.34. The number of rotatable bonds is 10. The van der Waals surface area contributed by atoms with Gasteiger partial charge in [0.05, 0.1) is 25.4 Å². The monoisotopic (exact) mass is 473 g/mol. The number of benzene rings is 2. The average molecular weight is 474 g/mol. The molecule has 3 aromatic rings. The van der Waals surface area contributed by atoms with Crippen molar-refractivity contribution in [2.45, 2.75) is 59.0 Å². The second-order valence-electron chi connectivity index (χ2n) is 10.7. The highest BCUT2D eigenvalue weighted by Gasteiger charge is 2.33. The molecule has 1 unspecified atom stereocenters. The van der Waals surface area contributed by atoms with Crippen molar-refractivity contribution in [1.29, 1.82) is 0 Å². The molecule has 2 aromatic carbocycles. The van der Waals surface area contributed by atoms with Gasteiger partial charge in [-0.2, -0.15) is 0 Å². The maximum atomic E-state index is 11.4. The molecule has 1 aromatic heterocycles. The number of aliphatic carboxylic acids is 1. The van der Waals surface area contributed by atoms with E-state index in [0.29, 0.717) is 12.5 Å². The Morgan fingerprint density at radius 2 is 1.89 bits per heavy atom. The van der Waals surface area contributed by atoms with Gasteiger partial charge in [0.25, 0.3) is 0 Å². The van der Waals surface area contributed by atoms with Crippen LogP contribution in [0.2, 0.25) is 0 Å². The number of methoxy groups -OCH3 is 1. The van der Waals surface area contributed by atoms with Crippen LogP contribution in [0.1, 0.15) is 62.6 Å². The van der Waals surface area contributed by atoms with Gasteiger partial charge in [-0.3, -0.25) is 9.78 Å². The standard InChI is InChI=1S/C30H35NO4/c1-30(2,3)17-23-15-24(18-31-29(23)25-10-5-6-11-27(25)34-4)35-19-20-8-7-9-22(14-20)26(16-28(32)33)21-12-13-21/h5-11,14-15,18,21,26H,12-13,16-17,19H2,1-4H3,(H,32,33). The Labute approximate surface area is 208 Å². The maximum Gasteiger partial charge on any atom is 0.303 e. The van der Waals surface area contributed by atoms with Crippen LogP contribution in [0, 0.1) is 11.3 Å². The largest absolute Gasteiger partial charge is 0.496 e. The van der Waals surface area contributed by atoms with Gasteiger partial charge in [-0.15, -0.1) is 0 Å². The van der Waals surface area contributed by atoms with E-state index in [2.05, 4.69) is 32.9 Å². The first-order valence-corrected chi connectivity index (χ1v) is 12.3. The second kappa shape index (κ2) is 10.5. The Kier molecular flexibility index (Phi) is 7.44. The summed E-state index contributed by atoms with van der Waals surface area (Å²) >= 11 is 0. The molecule has 1 atom stereocenters. The molecule has 0 amide bonds. The van der Waals surface area contributed by atoms with E-state index in [1.165, 1.54) is 0 Å². The zero-order valence-corrected chi connectivity index (χ0v) is 21.1. The molecule has 1 saturated carbocycles. The van der Waals surface area contributed by atoms with Gasteiger partial charge in [0, 0.05) is 5.56 Å². The SMILES string of the molecule is COc1ccccc1-c1ncc(OCc2cccc(C(CC(=O)O)C3CC3)c2)cc1CC(C)(C)C. The van der Waals surface area contributed by atoms with Crippen LogP contribution in [-0.2, 0) is 17.8 Å². The first kappa shape index (κ1) is 24.8. The lowest BCUT2D eigenvalue weighted by atomic mass is 9.86. The molecule has 0 saturated heterocycles. The zero-order valence-electron chi connectivity index (χ0n) is 21.1. The molecule has 0 bridgehead atoms. The average Bonchev–Trinajstić information content (AvgIpc) is 3.66. The minimum absolute atomic E-state index is 0.0765. The normalized spacial score (nSPS) is 14.4. The lowest BCUT2D eigenvalue weighted by Gasteiger charge is -2.21. The molecule has 0 radical (unpaired) electrons. The van der Waals surface area contributed by atoms with E-state index in [1.807, 2.05) is 42.5 Å². The smallest absolute Gasteiger partial charge is 0.303 e. The van der Waals surface area contributed by atoms with Crippen LogP contribution in [-0.4, -0.2) is 23.2 Å². The number of hydrogen-bond acceptors (Lipinski definition) is 4. The van der Waals surface area contributed by atoms with Crippen LogP contribution in [0.5, 0.6) is 11.5 Å². The fourth-order valence-corrected chi connectivity index (χ4v) is 4.68. The molecular formula is C30H35NO4. The van der Waals surface area contributed by atoms with Crippen molar-refractivity contribution in [3.63, 3.8) is 0 Å². The minimum atomic E-state index is -0.740. The molecule has 0 aliphatic heterocycles. The molecular weight excluding hydrogens is 438 g/mol. The zero-order chi connectivity index (χ0) is 25.0. The van der Waals surface area contributed by atoms with Gasteiger partial charge < -0.3 is 14.6 Å². The van der Waals surface area contributed by atoms with Crippen LogP contribution in [0.25, 0.3) is 11.3 Å². The topological polar surface area (TPSA) is 68.7 Å². The van der Waals surface area contributed by atoms with Crippen molar-refractivity contribution in [3.8, 4) is 22.8 Å². The summed E-state index contributed by atoms with van der Waals surface area (Å²) in [5, 5.41) is 9.35. The summed E-state index contributed by atoms with van der Waals surface area (Å²) in [6, 6.07) is 18.2. The summed E-state index contributed by atoms with van der Waals surface area (Å²) in [7, 11) is 1.68. The van der Waals surface area contributed by atoms with Gasteiger partial charge in [-0.05, 0) is 71.4 Å². The second-order valence-corrected chi connectivity index (χ2v) is 10.7. The Morgan fingerprint density at radius 1 is 1.11 bits per heavy atom. The van der Waals surface area contributed by atoms with Crippen molar-refractivity contribution < 1.29 is 19.4 Å². The van der Waals surface area contributed by atoms with Gasteiger partial charge in [0.1, 0.15) is 18.1 Å². The number of carbonyl (C=O) groups is 1. The van der Waals surface area contributed by atoms with E-state index in [1.54, 1.807) is 13.3 Å². The van der Waals surface area contributed by atoms with E-state index in [0.717, 1.165) is 58.7 Å². The Bertz CT molecular complexity index is 1180. The summed E-state index contributed by atoms with van der Waals surface area (Å²) in [6.45, 7) is 7.05. The molecule has 1 aliphatic carbocycles.